The minimum absolute atomic E-state index is 0.0447. The Labute approximate surface area is 146 Å². The van der Waals surface area contributed by atoms with Gasteiger partial charge in [0.2, 0.25) is 0 Å². The molecule has 0 aliphatic rings. The van der Waals surface area contributed by atoms with Crippen LogP contribution in [0.25, 0.3) is 0 Å². The van der Waals surface area contributed by atoms with Crippen LogP contribution in [-0.2, 0) is 9.84 Å². The first-order valence-corrected chi connectivity index (χ1v) is 11.2. The van der Waals surface area contributed by atoms with Gasteiger partial charge in [-0.3, -0.25) is 10.1 Å². The van der Waals surface area contributed by atoms with Crippen LogP contribution in [0.4, 0.5) is 5.69 Å². The molecule has 0 saturated heterocycles. The molecule has 0 atom stereocenters. The molecule has 1 aromatic rings. The average molecular weight is 354 g/mol. The summed E-state index contributed by atoms with van der Waals surface area (Å²) in [6.45, 7) is 18.0. The highest BCUT2D eigenvalue weighted by Crippen LogP contribution is 2.37. The summed E-state index contributed by atoms with van der Waals surface area (Å²) in [6, 6.07) is 4.81. The molecule has 0 spiro atoms. The van der Waals surface area contributed by atoms with Gasteiger partial charge in [0.15, 0.2) is 8.32 Å². The average Bonchev–Trinajstić information content (AvgIpc) is 2.41. The minimum Gasteiger partial charge on any atom is -0.491 e. The number of hydrogen-bond acceptors (Lipinski definition) is 4. The molecule has 0 radical (unpaired) electrons. The highest BCUT2D eigenvalue weighted by molar-refractivity contribution is 6.74. The fourth-order valence-corrected chi connectivity index (χ4v) is 3.06. The van der Waals surface area contributed by atoms with E-state index in [0.29, 0.717) is 19.0 Å². The Balaban J connectivity index is 2.83. The van der Waals surface area contributed by atoms with Crippen LogP contribution in [0, 0.1) is 10.1 Å². The molecule has 0 unspecified atom stereocenters. The lowest BCUT2D eigenvalue weighted by molar-refractivity contribution is -0.385. The van der Waals surface area contributed by atoms with Crippen molar-refractivity contribution in [3.05, 3.63) is 33.9 Å². The summed E-state index contributed by atoms with van der Waals surface area (Å²) in [5.74, 6) is 0.565. The Hall–Kier alpha value is -1.40. The summed E-state index contributed by atoms with van der Waals surface area (Å²) in [4.78, 5) is 10.6. The quantitative estimate of drug-likeness (QED) is 0.301. The first-order valence-electron chi connectivity index (χ1n) is 8.31. The van der Waals surface area contributed by atoms with Crippen LogP contribution in [0.2, 0.25) is 18.1 Å². The number of rotatable bonds is 6. The molecule has 0 amide bonds. The molecule has 136 valence electrons. The summed E-state index contributed by atoms with van der Waals surface area (Å²) in [6.07, 6.45) is 0. The fraction of sp³-hybridized carbons (Fsp3) is 0.667. The number of nitro benzene ring substituents is 1. The molecule has 5 nitrogen and oxygen atoms in total. The van der Waals surface area contributed by atoms with Crippen LogP contribution < -0.4 is 4.74 Å². The highest BCUT2D eigenvalue weighted by atomic mass is 28.4. The summed E-state index contributed by atoms with van der Waals surface area (Å²) >= 11 is 0. The molecule has 0 aliphatic carbocycles. The molecule has 6 heteroatoms. The lowest BCUT2D eigenvalue weighted by Gasteiger charge is -2.36. The molecule has 0 aromatic heterocycles. The zero-order valence-corrected chi connectivity index (χ0v) is 17.2. The van der Waals surface area contributed by atoms with Crippen LogP contribution >= 0.6 is 0 Å². The number of benzene rings is 1. The van der Waals surface area contributed by atoms with E-state index in [0.717, 1.165) is 5.56 Å². The Kier molecular flexibility index (Phi) is 6.22. The Bertz CT molecular complexity index is 586. The Morgan fingerprint density at radius 3 is 2.12 bits per heavy atom. The molecule has 0 aliphatic heterocycles. The molecule has 0 saturated carbocycles. The molecule has 0 bridgehead atoms. The Morgan fingerprint density at radius 2 is 1.67 bits per heavy atom. The van der Waals surface area contributed by atoms with Crippen LogP contribution in [0.3, 0.4) is 0 Å². The topological polar surface area (TPSA) is 61.6 Å². The third kappa shape index (κ3) is 5.31. The van der Waals surface area contributed by atoms with Crippen LogP contribution in [-0.4, -0.2) is 26.5 Å². The van der Waals surface area contributed by atoms with E-state index in [2.05, 4.69) is 54.6 Å². The van der Waals surface area contributed by atoms with Crippen molar-refractivity contribution in [1.29, 1.82) is 0 Å². The third-order valence-electron chi connectivity index (χ3n) is 4.59. The van der Waals surface area contributed by atoms with Gasteiger partial charge < -0.3 is 9.16 Å². The van der Waals surface area contributed by atoms with Crippen molar-refractivity contribution in [3.8, 4) is 5.75 Å². The number of nitro groups is 1. The molecule has 0 fully saturated rings. The van der Waals surface area contributed by atoms with Crippen LogP contribution in [0.5, 0.6) is 5.75 Å². The molecule has 1 rings (SSSR count). The van der Waals surface area contributed by atoms with E-state index < -0.39 is 13.2 Å². The molecule has 24 heavy (non-hydrogen) atoms. The second-order valence-corrected chi connectivity index (χ2v) is 13.5. The van der Waals surface area contributed by atoms with Crippen molar-refractivity contribution in [3.63, 3.8) is 0 Å². The van der Waals surface area contributed by atoms with Crippen molar-refractivity contribution < 1.29 is 14.1 Å². The van der Waals surface area contributed by atoms with E-state index in [4.69, 9.17) is 9.16 Å². The van der Waals surface area contributed by atoms with Crippen molar-refractivity contribution in [2.24, 2.45) is 0 Å². The zero-order valence-electron chi connectivity index (χ0n) is 16.2. The molecular weight excluding hydrogens is 322 g/mol. The summed E-state index contributed by atoms with van der Waals surface area (Å²) in [7, 11) is -1.81. The first-order chi connectivity index (χ1) is 10.8. The van der Waals surface area contributed by atoms with Crippen LogP contribution in [0.1, 0.15) is 47.1 Å². The number of nitrogens with zero attached hydrogens (tertiary/aromatic N) is 1. The molecule has 1 aromatic carbocycles. The van der Waals surface area contributed by atoms with Crippen molar-refractivity contribution in [2.45, 2.75) is 65.1 Å². The van der Waals surface area contributed by atoms with Gasteiger partial charge in [-0.2, -0.15) is 0 Å². The maximum absolute atomic E-state index is 11.0. The lowest BCUT2D eigenvalue weighted by Crippen LogP contribution is -2.41. The SMILES string of the molecule is CC(C)(C)c1ccc([N+](=O)[O-])cc1OCCO[Si](C)(C)C(C)(C)C. The highest BCUT2D eigenvalue weighted by Gasteiger charge is 2.37. The third-order valence-corrected chi connectivity index (χ3v) is 9.13. The normalized spacial score (nSPS) is 13.0. The predicted molar refractivity (Wildman–Crippen MR) is 100 cm³/mol. The van der Waals surface area contributed by atoms with Gasteiger partial charge in [0.05, 0.1) is 17.6 Å². The van der Waals surface area contributed by atoms with Gasteiger partial charge in [-0.05, 0) is 35.2 Å². The number of ether oxygens (including phenoxy) is 1. The number of non-ortho nitro benzene ring substituents is 1. The van der Waals surface area contributed by atoms with Crippen molar-refractivity contribution >= 4 is 14.0 Å². The van der Waals surface area contributed by atoms with E-state index >= 15 is 0 Å². The molecule has 0 N–H and O–H groups in total. The largest absolute Gasteiger partial charge is 0.491 e. The van der Waals surface area contributed by atoms with E-state index in [1.165, 1.54) is 12.1 Å². The van der Waals surface area contributed by atoms with E-state index in [9.17, 15) is 10.1 Å². The van der Waals surface area contributed by atoms with Crippen molar-refractivity contribution in [1.82, 2.24) is 0 Å². The van der Waals surface area contributed by atoms with Crippen molar-refractivity contribution in [2.75, 3.05) is 13.2 Å². The van der Waals surface area contributed by atoms with E-state index in [-0.39, 0.29) is 16.1 Å². The second kappa shape index (κ2) is 7.23. The minimum atomic E-state index is -1.81. The smallest absolute Gasteiger partial charge is 0.273 e. The monoisotopic (exact) mass is 353 g/mol. The zero-order chi connectivity index (χ0) is 18.8. The summed E-state index contributed by atoms with van der Waals surface area (Å²) in [5.41, 5.74) is 0.855. The summed E-state index contributed by atoms with van der Waals surface area (Å²) < 4.78 is 12.0. The fourth-order valence-electron chi connectivity index (χ4n) is 2.03. The lowest BCUT2D eigenvalue weighted by atomic mass is 9.86. The van der Waals surface area contributed by atoms with Gasteiger partial charge in [0.1, 0.15) is 12.4 Å². The first kappa shape index (κ1) is 20.6. The van der Waals surface area contributed by atoms with E-state index in [1.807, 2.05) is 0 Å². The van der Waals surface area contributed by atoms with Crippen LogP contribution in [0.15, 0.2) is 18.2 Å². The van der Waals surface area contributed by atoms with Gasteiger partial charge >= 0.3 is 0 Å². The van der Waals surface area contributed by atoms with E-state index in [1.54, 1.807) is 6.07 Å². The van der Waals surface area contributed by atoms with Gasteiger partial charge in [-0.1, -0.05) is 41.5 Å². The maximum atomic E-state index is 11.0. The van der Waals surface area contributed by atoms with Gasteiger partial charge in [-0.25, -0.2) is 0 Å². The van der Waals surface area contributed by atoms with Gasteiger partial charge in [0, 0.05) is 6.07 Å². The standard InChI is InChI=1S/C18H31NO4Si/c1-17(2,3)15-10-9-14(19(20)21)13-16(15)22-11-12-23-24(7,8)18(4,5)6/h9-10,13H,11-12H2,1-8H3. The molecular formula is C18H31NO4Si. The predicted octanol–water partition coefficient (Wildman–Crippen LogP) is 5.29. The molecule has 0 heterocycles. The van der Waals surface area contributed by atoms with Gasteiger partial charge in [0.25, 0.3) is 5.69 Å². The number of hydrogen-bond donors (Lipinski definition) is 0. The summed E-state index contributed by atoms with van der Waals surface area (Å²) in [5, 5.41) is 11.2. The van der Waals surface area contributed by atoms with Gasteiger partial charge in [-0.15, -0.1) is 0 Å². The maximum Gasteiger partial charge on any atom is 0.273 e. The second-order valence-electron chi connectivity index (χ2n) is 8.64. The Morgan fingerprint density at radius 1 is 1.08 bits per heavy atom.